The van der Waals surface area contributed by atoms with Gasteiger partial charge in [0.25, 0.3) is 0 Å². The number of nitrogens with zero attached hydrogens (tertiary/aromatic N) is 1. The molecule has 0 spiro atoms. The van der Waals surface area contributed by atoms with E-state index in [-0.39, 0.29) is 5.41 Å². The molecule has 1 saturated heterocycles. The van der Waals surface area contributed by atoms with E-state index in [9.17, 15) is 5.11 Å². The van der Waals surface area contributed by atoms with Crippen molar-refractivity contribution >= 4 is 11.6 Å². The predicted molar refractivity (Wildman–Crippen MR) is 101 cm³/mol. The molecule has 0 aromatic heterocycles. The Bertz CT molecular complexity index is 702. The van der Waals surface area contributed by atoms with Gasteiger partial charge in [0.05, 0.1) is 0 Å². The number of phenolic OH excluding ortho intramolecular Hbond substituents is 1. The number of rotatable bonds is 4. The number of halogens is 1. The summed E-state index contributed by atoms with van der Waals surface area (Å²) in [5.41, 5.74) is 2.69. The van der Waals surface area contributed by atoms with E-state index in [4.69, 9.17) is 11.6 Å². The quantitative estimate of drug-likeness (QED) is 0.854. The summed E-state index contributed by atoms with van der Waals surface area (Å²) in [6.07, 6.45) is 2.16. The van der Waals surface area contributed by atoms with Crippen LogP contribution in [0.25, 0.3) is 0 Å². The van der Waals surface area contributed by atoms with Gasteiger partial charge < -0.3 is 10.0 Å². The second-order valence-corrected chi connectivity index (χ2v) is 7.74. The number of benzene rings is 2. The lowest BCUT2D eigenvalue weighted by Crippen LogP contribution is -2.47. The summed E-state index contributed by atoms with van der Waals surface area (Å²) >= 11 is 6.07. The summed E-state index contributed by atoms with van der Waals surface area (Å²) in [6, 6.07) is 15.9. The summed E-state index contributed by atoms with van der Waals surface area (Å²) in [7, 11) is 0. The third-order valence-corrected chi connectivity index (χ3v) is 5.91. The smallest absolute Gasteiger partial charge is 0.115 e. The second-order valence-electron chi connectivity index (χ2n) is 7.30. The van der Waals surface area contributed by atoms with Gasteiger partial charge in [-0.25, -0.2) is 0 Å². The number of phenols is 1. The number of likely N-dealkylation sites (tertiary alicyclic amines) is 1. The standard InChI is InChI=1S/C21H26ClNO/c1-16-15-23(11-9-17-5-3-7-19(22)13-17)12-10-21(16,2)18-6-4-8-20(24)14-18/h3-8,13-14,16,24H,9-12,15H2,1-2H3/t16-,21+/m1/s1. The van der Waals surface area contributed by atoms with Gasteiger partial charge in [-0.1, -0.05) is 49.7 Å². The van der Waals surface area contributed by atoms with E-state index >= 15 is 0 Å². The first kappa shape index (κ1) is 17.3. The maximum atomic E-state index is 9.81. The fourth-order valence-corrected chi connectivity index (χ4v) is 4.00. The highest BCUT2D eigenvalue weighted by Gasteiger charge is 2.37. The topological polar surface area (TPSA) is 23.5 Å². The number of hydrogen-bond acceptors (Lipinski definition) is 2. The van der Waals surface area contributed by atoms with E-state index in [1.807, 2.05) is 24.3 Å². The Morgan fingerprint density at radius 2 is 2.00 bits per heavy atom. The van der Waals surface area contributed by atoms with Gasteiger partial charge >= 0.3 is 0 Å². The van der Waals surface area contributed by atoms with Crippen LogP contribution >= 0.6 is 11.6 Å². The minimum absolute atomic E-state index is 0.130. The van der Waals surface area contributed by atoms with E-state index < -0.39 is 0 Å². The van der Waals surface area contributed by atoms with E-state index in [0.29, 0.717) is 11.7 Å². The van der Waals surface area contributed by atoms with Crippen LogP contribution in [0.15, 0.2) is 48.5 Å². The number of piperidine rings is 1. The van der Waals surface area contributed by atoms with E-state index in [2.05, 4.69) is 36.9 Å². The average Bonchev–Trinajstić information content (AvgIpc) is 2.56. The molecule has 2 nitrogen and oxygen atoms in total. The van der Waals surface area contributed by atoms with Crippen LogP contribution in [-0.4, -0.2) is 29.6 Å². The highest BCUT2D eigenvalue weighted by atomic mass is 35.5. The third kappa shape index (κ3) is 3.76. The minimum Gasteiger partial charge on any atom is -0.508 e. The molecule has 1 aliphatic rings. The Kier molecular flexibility index (Phi) is 5.17. The zero-order chi connectivity index (χ0) is 17.2. The maximum Gasteiger partial charge on any atom is 0.115 e. The zero-order valence-electron chi connectivity index (χ0n) is 14.5. The van der Waals surface area contributed by atoms with Crippen LogP contribution in [0, 0.1) is 5.92 Å². The molecule has 0 bridgehead atoms. The molecule has 0 amide bonds. The largest absolute Gasteiger partial charge is 0.508 e. The summed E-state index contributed by atoms with van der Waals surface area (Å²) in [5.74, 6) is 0.914. The Morgan fingerprint density at radius 3 is 2.71 bits per heavy atom. The molecule has 1 heterocycles. The van der Waals surface area contributed by atoms with Gasteiger partial charge in [0.1, 0.15) is 5.75 Å². The van der Waals surface area contributed by atoms with Crippen LogP contribution in [-0.2, 0) is 11.8 Å². The molecule has 0 aliphatic carbocycles. The summed E-state index contributed by atoms with van der Waals surface area (Å²) in [6.45, 7) is 7.92. The second kappa shape index (κ2) is 7.16. The minimum atomic E-state index is 0.130. The van der Waals surface area contributed by atoms with Crippen LogP contribution in [0.5, 0.6) is 5.75 Å². The monoisotopic (exact) mass is 343 g/mol. The van der Waals surface area contributed by atoms with Gasteiger partial charge in [-0.2, -0.15) is 0 Å². The average molecular weight is 344 g/mol. The lowest BCUT2D eigenvalue weighted by Gasteiger charge is -2.45. The molecule has 0 saturated carbocycles. The zero-order valence-corrected chi connectivity index (χ0v) is 15.3. The van der Waals surface area contributed by atoms with E-state index in [0.717, 1.165) is 37.5 Å². The molecular formula is C21H26ClNO. The molecule has 0 unspecified atom stereocenters. The van der Waals surface area contributed by atoms with Crippen LogP contribution < -0.4 is 0 Å². The van der Waals surface area contributed by atoms with Gasteiger partial charge in [-0.3, -0.25) is 0 Å². The molecule has 24 heavy (non-hydrogen) atoms. The maximum absolute atomic E-state index is 9.81. The molecule has 0 radical (unpaired) electrons. The normalized spacial score (nSPS) is 24.9. The third-order valence-electron chi connectivity index (χ3n) is 5.68. The molecule has 3 rings (SSSR count). The molecule has 2 aromatic carbocycles. The Hall–Kier alpha value is -1.51. The first-order valence-electron chi connectivity index (χ1n) is 8.74. The lowest BCUT2D eigenvalue weighted by atomic mass is 9.68. The molecule has 128 valence electrons. The summed E-state index contributed by atoms with van der Waals surface area (Å²) < 4.78 is 0. The van der Waals surface area contributed by atoms with Crippen LogP contribution in [0.4, 0.5) is 0 Å². The predicted octanol–water partition coefficient (Wildman–Crippen LogP) is 4.89. The van der Waals surface area contributed by atoms with Crippen molar-refractivity contribution in [2.45, 2.75) is 32.1 Å². The highest BCUT2D eigenvalue weighted by Crippen LogP contribution is 2.40. The fourth-order valence-electron chi connectivity index (χ4n) is 3.79. The summed E-state index contributed by atoms with van der Waals surface area (Å²) in [4.78, 5) is 2.55. The number of hydrogen-bond donors (Lipinski definition) is 1. The van der Waals surface area contributed by atoms with Crippen molar-refractivity contribution in [2.75, 3.05) is 19.6 Å². The highest BCUT2D eigenvalue weighted by molar-refractivity contribution is 6.30. The Morgan fingerprint density at radius 1 is 1.21 bits per heavy atom. The van der Waals surface area contributed by atoms with Crippen LogP contribution in [0.1, 0.15) is 31.4 Å². The Labute approximate surface area is 150 Å². The van der Waals surface area contributed by atoms with Crippen molar-refractivity contribution in [1.29, 1.82) is 0 Å². The van der Waals surface area contributed by atoms with Crippen molar-refractivity contribution in [2.24, 2.45) is 5.92 Å². The molecule has 1 N–H and O–H groups in total. The van der Waals surface area contributed by atoms with Crippen molar-refractivity contribution in [1.82, 2.24) is 4.90 Å². The van der Waals surface area contributed by atoms with Gasteiger partial charge in [-0.15, -0.1) is 0 Å². The van der Waals surface area contributed by atoms with Gasteiger partial charge in [0.15, 0.2) is 0 Å². The van der Waals surface area contributed by atoms with Crippen LogP contribution in [0.3, 0.4) is 0 Å². The van der Waals surface area contributed by atoms with Crippen molar-refractivity contribution in [3.8, 4) is 5.75 Å². The molecule has 3 heteroatoms. The number of aromatic hydroxyl groups is 1. The fraction of sp³-hybridized carbons (Fsp3) is 0.429. The summed E-state index contributed by atoms with van der Waals surface area (Å²) in [5, 5.41) is 10.6. The molecule has 1 fully saturated rings. The lowest BCUT2D eigenvalue weighted by molar-refractivity contribution is 0.112. The first-order chi connectivity index (χ1) is 11.5. The van der Waals surface area contributed by atoms with Crippen molar-refractivity contribution < 1.29 is 5.11 Å². The van der Waals surface area contributed by atoms with Crippen molar-refractivity contribution in [3.05, 3.63) is 64.7 Å². The molecular weight excluding hydrogens is 318 g/mol. The van der Waals surface area contributed by atoms with E-state index in [1.54, 1.807) is 6.07 Å². The van der Waals surface area contributed by atoms with E-state index in [1.165, 1.54) is 11.1 Å². The molecule has 1 aliphatic heterocycles. The molecule has 2 aromatic rings. The van der Waals surface area contributed by atoms with Gasteiger partial charge in [0.2, 0.25) is 0 Å². The van der Waals surface area contributed by atoms with Crippen LogP contribution in [0.2, 0.25) is 5.02 Å². The van der Waals surface area contributed by atoms with Gasteiger partial charge in [0, 0.05) is 18.1 Å². The Balaban J connectivity index is 1.62. The van der Waals surface area contributed by atoms with Crippen molar-refractivity contribution in [3.63, 3.8) is 0 Å². The first-order valence-corrected chi connectivity index (χ1v) is 9.11. The molecule has 2 atom stereocenters. The SMILES string of the molecule is C[C@@H]1CN(CCc2cccc(Cl)c2)CC[C@]1(C)c1cccc(O)c1. The van der Waals surface area contributed by atoms with Gasteiger partial charge in [-0.05, 0) is 66.1 Å².